The summed E-state index contributed by atoms with van der Waals surface area (Å²) in [5, 5.41) is 8.92. The van der Waals surface area contributed by atoms with Crippen LogP contribution in [0.4, 0.5) is 0 Å². The van der Waals surface area contributed by atoms with Crippen LogP contribution in [0.1, 0.15) is 44.9 Å². The molecule has 0 aromatic heterocycles. The van der Waals surface area contributed by atoms with Gasteiger partial charge in [-0.3, -0.25) is 4.79 Å². The number of aliphatic hydroxyl groups excluding tert-OH is 1. The fourth-order valence-electron chi connectivity index (χ4n) is 2.50. The molecule has 0 bridgehead atoms. The summed E-state index contributed by atoms with van der Waals surface area (Å²) in [6.45, 7) is -0.312. The average molecular weight is 197 g/mol. The zero-order valence-corrected chi connectivity index (χ0v) is 8.61. The Kier molecular flexibility index (Phi) is 3.06. The molecular formula is C11H19NO2. The smallest absolute Gasteiger partial charge is 0.248 e. The summed E-state index contributed by atoms with van der Waals surface area (Å²) in [5.41, 5.74) is 0. The van der Waals surface area contributed by atoms with Gasteiger partial charge in [-0.2, -0.15) is 0 Å². The Labute approximate surface area is 85.1 Å². The molecule has 0 atom stereocenters. The van der Waals surface area contributed by atoms with Gasteiger partial charge in [0, 0.05) is 12.1 Å². The largest absolute Gasteiger partial charge is 0.387 e. The van der Waals surface area contributed by atoms with E-state index in [1.165, 1.54) is 19.3 Å². The third-order valence-corrected chi connectivity index (χ3v) is 3.33. The number of carbonyl (C=O) groups is 1. The summed E-state index contributed by atoms with van der Waals surface area (Å²) in [6, 6.07) is 0.883. The summed E-state index contributed by atoms with van der Waals surface area (Å²) >= 11 is 0. The molecule has 0 aromatic rings. The Morgan fingerprint density at radius 3 is 2.14 bits per heavy atom. The molecule has 0 aliphatic heterocycles. The van der Waals surface area contributed by atoms with Crippen LogP contribution in [0.2, 0.25) is 0 Å². The molecule has 0 saturated heterocycles. The summed E-state index contributed by atoms with van der Waals surface area (Å²) in [7, 11) is 0. The number of aliphatic hydroxyl groups is 1. The molecule has 80 valence electrons. The second kappa shape index (κ2) is 4.30. The molecule has 2 aliphatic carbocycles. The van der Waals surface area contributed by atoms with E-state index in [1.807, 2.05) is 4.90 Å². The number of amides is 1. The van der Waals surface area contributed by atoms with Gasteiger partial charge >= 0.3 is 0 Å². The van der Waals surface area contributed by atoms with Gasteiger partial charge in [0.25, 0.3) is 0 Å². The van der Waals surface area contributed by atoms with E-state index in [-0.39, 0.29) is 12.5 Å². The lowest BCUT2D eigenvalue weighted by molar-refractivity contribution is -0.137. The van der Waals surface area contributed by atoms with Crippen LogP contribution in [0.3, 0.4) is 0 Å². The second-order valence-electron chi connectivity index (χ2n) is 4.48. The summed E-state index contributed by atoms with van der Waals surface area (Å²) < 4.78 is 0. The van der Waals surface area contributed by atoms with Gasteiger partial charge in [0.1, 0.15) is 6.61 Å². The minimum Gasteiger partial charge on any atom is -0.387 e. The molecule has 0 heterocycles. The number of nitrogens with zero attached hydrogens (tertiary/aromatic N) is 1. The summed E-state index contributed by atoms with van der Waals surface area (Å²) in [5.74, 6) is -0.0561. The Hall–Kier alpha value is -0.570. The highest BCUT2D eigenvalue weighted by molar-refractivity contribution is 5.78. The van der Waals surface area contributed by atoms with Gasteiger partial charge in [-0.15, -0.1) is 0 Å². The van der Waals surface area contributed by atoms with E-state index in [0.29, 0.717) is 12.1 Å². The van der Waals surface area contributed by atoms with Crippen molar-refractivity contribution in [2.75, 3.05) is 6.61 Å². The maximum atomic E-state index is 11.6. The van der Waals surface area contributed by atoms with Crippen LogP contribution < -0.4 is 0 Å². The molecule has 0 unspecified atom stereocenters. The van der Waals surface area contributed by atoms with Crippen molar-refractivity contribution in [2.45, 2.75) is 57.0 Å². The van der Waals surface area contributed by atoms with Gasteiger partial charge < -0.3 is 10.0 Å². The van der Waals surface area contributed by atoms with Crippen molar-refractivity contribution in [3.63, 3.8) is 0 Å². The molecule has 2 fully saturated rings. The summed E-state index contributed by atoms with van der Waals surface area (Å²) in [6.07, 6.45) is 8.36. The van der Waals surface area contributed by atoms with E-state index < -0.39 is 0 Å². The van der Waals surface area contributed by atoms with Crippen molar-refractivity contribution < 1.29 is 9.90 Å². The molecule has 2 rings (SSSR count). The van der Waals surface area contributed by atoms with Crippen LogP contribution in [0.15, 0.2) is 0 Å². The minimum absolute atomic E-state index is 0.0561. The highest BCUT2D eigenvalue weighted by Crippen LogP contribution is 2.33. The first-order valence-corrected chi connectivity index (χ1v) is 5.75. The van der Waals surface area contributed by atoms with Crippen LogP contribution in [-0.2, 0) is 4.79 Å². The van der Waals surface area contributed by atoms with Crippen molar-refractivity contribution in [1.82, 2.24) is 4.90 Å². The molecular weight excluding hydrogens is 178 g/mol. The predicted molar refractivity (Wildman–Crippen MR) is 53.8 cm³/mol. The van der Waals surface area contributed by atoms with E-state index in [4.69, 9.17) is 5.11 Å². The fourth-order valence-corrected chi connectivity index (χ4v) is 2.50. The molecule has 0 spiro atoms. The zero-order chi connectivity index (χ0) is 9.97. The SMILES string of the molecule is O=C(CO)N(C1CCCCC1)C1CC1. The molecule has 3 nitrogen and oxygen atoms in total. The highest BCUT2D eigenvalue weighted by Gasteiger charge is 2.37. The van der Waals surface area contributed by atoms with E-state index in [1.54, 1.807) is 0 Å². The maximum Gasteiger partial charge on any atom is 0.248 e. The number of hydrogen-bond acceptors (Lipinski definition) is 2. The maximum absolute atomic E-state index is 11.6. The third kappa shape index (κ3) is 2.08. The van der Waals surface area contributed by atoms with Crippen molar-refractivity contribution in [3.8, 4) is 0 Å². The normalized spacial score (nSPS) is 23.5. The van der Waals surface area contributed by atoms with Crippen LogP contribution in [0.5, 0.6) is 0 Å². The molecule has 3 heteroatoms. The Morgan fingerprint density at radius 2 is 1.64 bits per heavy atom. The van der Waals surface area contributed by atoms with E-state index in [9.17, 15) is 4.79 Å². The molecule has 1 amide bonds. The fraction of sp³-hybridized carbons (Fsp3) is 0.909. The topological polar surface area (TPSA) is 40.5 Å². The number of hydrogen-bond donors (Lipinski definition) is 1. The quantitative estimate of drug-likeness (QED) is 0.741. The number of carbonyl (C=O) groups excluding carboxylic acids is 1. The van der Waals surface area contributed by atoms with Crippen molar-refractivity contribution in [1.29, 1.82) is 0 Å². The Morgan fingerprint density at radius 1 is 1.07 bits per heavy atom. The lowest BCUT2D eigenvalue weighted by Gasteiger charge is -2.34. The van der Waals surface area contributed by atoms with Gasteiger partial charge in [-0.1, -0.05) is 19.3 Å². The van der Waals surface area contributed by atoms with Crippen LogP contribution in [-0.4, -0.2) is 34.6 Å². The first kappa shape index (κ1) is 9.97. The lowest BCUT2D eigenvalue weighted by atomic mass is 9.94. The molecule has 2 saturated carbocycles. The second-order valence-corrected chi connectivity index (χ2v) is 4.48. The molecule has 1 N–H and O–H groups in total. The van der Waals surface area contributed by atoms with Crippen LogP contribution in [0, 0.1) is 0 Å². The molecule has 14 heavy (non-hydrogen) atoms. The van der Waals surface area contributed by atoms with Crippen molar-refractivity contribution >= 4 is 5.91 Å². The highest BCUT2D eigenvalue weighted by atomic mass is 16.3. The van der Waals surface area contributed by atoms with Gasteiger partial charge in [0.15, 0.2) is 0 Å². The van der Waals surface area contributed by atoms with Crippen LogP contribution >= 0.6 is 0 Å². The van der Waals surface area contributed by atoms with Crippen LogP contribution in [0.25, 0.3) is 0 Å². The van der Waals surface area contributed by atoms with Crippen molar-refractivity contribution in [3.05, 3.63) is 0 Å². The number of rotatable bonds is 3. The standard InChI is InChI=1S/C11H19NO2/c13-8-11(14)12(10-6-7-10)9-4-2-1-3-5-9/h9-10,13H,1-8H2. The van der Waals surface area contributed by atoms with E-state index >= 15 is 0 Å². The first-order chi connectivity index (χ1) is 6.83. The summed E-state index contributed by atoms with van der Waals surface area (Å²) in [4.78, 5) is 13.5. The third-order valence-electron chi connectivity index (χ3n) is 3.33. The average Bonchev–Trinajstić information content (AvgIpc) is 3.04. The zero-order valence-electron chi connectivity index (χ0n) is 8.61. The Balaban J connectivity index is 1.97. The Bertz CT molecular complexity index is 207. The first-order valence-electron chi connectivity index (χ1n) is 5.75. The molecule has 0 aromatic carbocycles. The monoisotopic (exact) mass is 197 g/mol. The van der Waals surface area contributed by atoms with E-state index in [0.717, 1.165) is 25.7 Å². The predicted octanol–water partition coefficient (Wildman–Crippen LogP) is 1.30. The molecule has 0 radical (unpaired) electrons. The van der Waals surface area contributed by atoms with Gasteiger partial charge in [-0.05, 0) is 25.7 Å². The minimum atomic E-state index is -0.312. The van der Waals surface area contributed by atoms with E-state index in [2.05, 4.69) is 0 Å². The van der Waals surface area contributed by atoms with Gasteiger partial charge in [0.2, 0.25) is 5.91 Å². The van der Waals surface area contributed by atoms with Gasteiger partial charge in [0.05, 0.1) is 0 Å². The lowest BCUT2D eigenvalue weighted by Crippen LogP contribution is -2.44. The van der Waals surface area contributed by atoms with Crippen molar-refractivity contribution in [2.24, 2.45) is 0 Å². The van der Waals surface area contributed by atoms with Gasteiger partial charge in [-0.25, -0.2) is 0 Å². The molecule has 2 aliphatic rings.